The van der Waals surface area contributed by atoms with Gasteiger partial charge in [-0.05, 0) is 33.0 Å². The standard InChI is InChI=1S/C11H22N4O/c1-9(8-12)4-5-11-13-10(14-16-11)6-7-15(2)3/h9H,4-8,12H2,1-3H3. The molecule has 0 saturated heterocycles. The normalized spacial score (nSPS) is 13.3. The first kappa shape index (κ1) is 13.1. The minimum Gasteiger partial charge on any atom is -0.339 e. The molecule has 0 aliphatic carbocycles. The Morgan fingerprint density at radius 1 is 1.38 bits per heavy atom. The molecule has 1 unspecified atom stereocenters. The van der Waals surface area contributed by atoms with Crippen LogP contribution >= 0.6 is 0 Å². The highest BCUT2D eigenvalue weighted by atomic mass is 16.5. The molecule has 0 spiro atoms. The summed E-state index contributed by atoms with van der Waals surface area (Å²) in [5.41, 5.74) is 5.55. The SMILES string of the molecule is CC(CN)CCc1nc(CCN(C)C)no1. The number of hydrogen-bond acceptors (Lipinski definition) is 5. The second-order valence-electron chi connectivity index (χ2n) is 4.54. The molecule has 92 valence electrons. The highest BCUT2D eigenvalue weighted by Crippen LogP contribution is 2.07. The van der Waals surface area contributed by atoms with Crippen LogP contribution in [-0.2, 0) is 12.8 Å². The Labute approximate surface area is 97.0 Å². The second-order valence-corrected chi connectivity index (χ2v) is 4.54. The lowest BCUT2D eigenvalue weighted by Crippen LogP contribution is -2.15. The third-order valence-electron chi connectivity index (χ3n) is 2.55. The average Bonchev–Trinajstić information content (AvgIpc) is 2.71. The van der Waals surface area contributed by atoms with E-state index in [1.54, 1.807) is 0 Å². The van der Waals surface area contributed by atoms with Crippen molar-refractivity contribution in [2.24, 2.45) is 11.7 Å². The van der Waals surface area contributed by atoms with Gasteiger partial charge in [0.2, 0.25) is 5.89 Å². The van der Waals surface area contributed by atoms with Crippen LogP contribution in [0.1, 0.15) is 25.1 Å². The predicted molar refractivity (Wildman–Crippen MR) is 63.1 cm³/mol. The van der Waals surface area contributed by atoms with E-state index >= 15 is 0 Å². The van der Waals surface area contributed by atoms with Crippen molar-refractivity contribution in [1.82, 2.24) is 15.0 Å². The van der Waals surface area contributed by atoms with Crippen LogP contribution in [0.5, 0.6) is 0 Å². The number of nitrogens with zero attached hydrogens (tertiary/aromatic N) is 3. The number of aromatic nitrogens is 2. The molecule has 5 nitrogen and oxygen atoms in total. The van der Waals surface area contributed by atoms with Crippen LogP contribution in [0.3, 0.4) is 0 Å². The minimum absolute atomic E-state index is 0.511. The molecule has 0 aliphatic rings. The van der Waals surface area contributed by atoms with Crippen LogP contribution in [0, 0.1) is 5.92 Å². The van der Waals surface area contributed by atoms with Crippen molar-refractivity contribution in [3.8, 4) is 0 Å². The summed E-state index contributed by atoms with van der Waals surface area (Å²) in [4.78, 5) is 6.45. The molecule has 0 aliphatic heterocycles. The fourth-order valence-electron chi connectivity index (χ4n) is 1.30. The molecule has 0 aromatic carbocycles. The lowest BCUT2D eigenvalue weighted by molar-refractivity contribution is 0.356. The Morgan fingerprint density at radius 2 is 2.12 bits per heavy atom. The molecule has 2 N–H and O–H groups in total. The molecule has 0 fully saturated rings. The second kappa shape index (κ2) is 6.60. The van der Waals surface area contributed by atoms with E-state index in [-0.39, 0.29) is 0 Å². The van der Waals surface area contributed by atoms with Crippen molar-refractivity contribution in [1.29, 1.82) is 0 Å². The van der Waals surface area contributed by atoms with Crippen LogP contribution in [0.2, 0.25) is 0 Å². The van der Waals surface area contributed by atoms with Gasteiger partial charge in [-0.2, -0.15) is 4.98 Å². The molecule has 1 heterocycles. The maximum Gasteiger partial charge on any atom is 0.226 e. The molecule has 0 bridgehead atoms. The molecule has 16 heavy (non-hydrogen) atoms. The van der Waals surface area contributed by atoms with Gasteiger partial charge < -0.3 is 15.2 Å². The number of hydrogen-bond donors (Lipinski definition) is 1. The number of rotatable bonds is 7. The lowest BCUT2D eigenvalue weighted by atomic mass is 10.1. The molecule has 0 radical (unpaired) electrons. The Bertz CT molecular complexity index is 298. The minimum atomic E-state index is 0.511. The van der Waals surface area contributed by atoms with Crippen molar-refractivity contribution in [2.75, 3.05) is 27.2 Å². The first-order valence-electron chi connectivity index (χ1n) is 5.78. The van der Waals surface area contributed by atoms with Gasteiger partial charge in [0.25, 0.3) is 0 Å². The number of nitrogens with two attached hydrogens (primary N) is 1. The largest absolute Gasteiger partial charge is 0.339 e. The molecule has 1 aromatic heterocycles. The molecule has 1 atom stereocenters. The summed E-state index contributed by atoms with van der Waals surface area (Å²) in [6.07, 6.45) is 2.67. The molecule has 1 aromatic rings. The van der Waals surface area contributed by atoms with Crippen LogP contribution in [0.15, 0.2) is 4.52 Å². The Balaban J connectivity index is 2.33. The first-order chi connectivity index (χ1) is 7.61. The van der Waals surface area contributed by atoms with Gasteiger partial charge in [0.05, 0.1) is 0 Å². The molecule has 1 rings (SSSR count). The maximum atomic E-state index is 5.55. The molecule has 0 amide bonds. The topological polar surface area (TPSA) is 68.2 Å². The summed E-state index contributed by atoms with van der Waals surface area (Å²) in [6, 6.07) is 0. The van der Waals surface area contributed by atoms with Crippen LogP contribution in [0.4, 0.5) is 0 Å². The number of aryl methyl sites for hydroxylation is 1. The summed E-state index contributed by atoms with van der Waals surface area (Å²) in [7, 11) is 4.06. The van der Waals surface area contributed by atoms with Crippen LogP contribution in [0.25, 0.3) is 0 Å². The average molecular weight is 226 g/mol. The highest BCUT2D eigenvalue weighted by molar-refractivity contribution is 4.87. The zero-order chi connectivity index (χ0) is 12.0. The maximum absolute atomic E-state index is 5.55. The first-order valence-corrected chi connectivity index (χ1v) is 5.78. The Kier molecular flexibility index (Phi) is 5.42. The predicted octanol–water partition coefficient (Wildman–Crippen LogP) is 0.701. The van der Waals surface area contributed by atoms with Crippen molar-refractivity contribution in [3.05, 3.63) is 11.7 Å². The third kappa shape index (κ3) is 4.72. The van der Waals surface area contributed by atoms with Crippen LogP contribution in [-0.4, -0.2) is 42.2 Å². The fraction of sp³-hybridized carbons (Fsp3) is 0.818. The number of likely N-dealkylation sites (N-methyl/N-ethyl adjacent to an activating group) is 1. The van der Waals surface area contributed by atoms with Gasteiger partial charge in [-0.3, -0.25) is 0 Å². The zero-order valence-corrected chi connectivity index (χ0v) is 10.4. The van der Waals surface area contributed by atoms with E-state index in [0.29, 0.717) is 12.5 Å². The van der Waals surface area contributed by atoms with Crippen molar-refractivity contribution < 1.29 is 4.52 Å². The van der Waals surface area contributed by atoms with Gasteiger partial charge in [-0.15, -0.1) is 0 Å². The van der Waals surface area contributed by atoms with Crippen molar-refractivity contribution in [2.45, 2.75) is 26.2 Å². The van der Waals surface area contributed by atoms with E-state index in [9.17, 15) is 0 Å². The van der Waals surface area contributed by atoms with E-state index in [0.717, 1.165) is 37.5 Å². The van der Waals surface area contributed by atoms with Gasteiger partial charge in [-0.25, -0.2) is 0 Å². The van der Waals surface area contributed by atoms with Crippen molar-refractivity contribution >= 4 is 0 Å². The smallest absolute Gasteiger partial charge is 0.226 e. The molecule has 5 heteroatoms. The van der Waals surface area contributed by atoms with Crippen LogP contribution < -0.4 is 5.73 Å². The van der Waals surface area contributed by atoms with E-state index in [1.165, 1.54) is 0 Å². The lowest BCUT2D eigenvalue weighted by Gasteiger charge is -2.05. The summed E-state index contributed by atoms with van der Waals surface area (Å²) < 4.78 is 5.17. The van der Waals surface area contributed by atoms with E-state index in [4.69, 9.17) is 10.3 Å². The van der Waals surface area contributed by atoms with Gasteiger partial charge in [0.15, 0.2) is 5.82 Å². The Hall–Kier alpha value is -0.940. The van der Waals surface area contributed by atoms with Gasteiger partial charge in [0, 0.05) is 19.4 Å². The van der Waals surface area contributed by atoms with Gasteiger partial charge >= 0.3 is 0 Å². The van der Waals surface area contributed by atoms with E-state index < -0.39 is 0 Å². The van der Waals surface area contributed by atoms with Gasteiger partial charge in [-0.1, -0.05) is 12.1 Å². The summed E-state index contributed by atoms with van der Waals surface area (Å²) >= 11 is 0. The summed E-state index contributed by atoms with van der Waals surface area (Å²) in [6.45, 7) is 3.78. The van der Waals surface area contributed by atoms with Gasteiger partial charge in [0.1, 0.15) is 0 Å². The zero-order valence-electron chi connectivity index (χ0n) is 10.4. The van der Waals surface area contributed by atoms with E-state index in [1.807, 2.05) is 14.1 Å². The summed E-state index contributed by atoms with van der Waals surface area (Å²) in [5, 5.41) is 3.95. The molecule has 0 saturated carbocycles. The molecular weight excluding hydrogens is 204 g/mol. The highest BCUT2D eigenvalue weighted by Gasteiger charge is 2.08. The van der Waals surface area contributed by atoms with Crippen molar-refractivity contribution in [3.63, 3.8) is 0 Å². The fourth-order valence-corrected chi connectivity index (χ4v) is 1.30. The monoisotopic (exact) mass is 226 g/mol. The Morgan fingerprint density at radius 3 is 2.75 bits per heavy atom. The van der Waals surface area contributed by atoms with E-state index in [2.05, 4.69) is 22.0 Å². The molecular formula is C11H22N4O. The quantitative estimate of drug-likeness (QED) is 0.741. The summed E-state index contributed by atoms with van der Waals surface area (Å²) in [5.74, 6) is 2.04. The third-order valence-corrected chi connectivity index (χ3v) is 2.55.